The summed E-state index contributed by atoms with van der Waals surface area (Å²) in [4.78, 5) is 23.2. The second kappa shape index (κ2) is 18.1. The molecule has 11 heteroatoms. The van der Waals surface area contributed by atoms with Crippen LogP contribution in [0.2, 0.25) is 0 Å². The van der Waals surface area contributed by atoms with Crippen LogP contribution >= 0.6 is 0 Å². The number of carbonyl (C=O) groups excluding carboxylic acids is 2. The Labute approximate surface area is 241 Å². The highest BCUT2D eigenvalue weighted by Gasteiger charge is 2.19. The molecule has 2 atom stereocenters. The second-order valence-electron chi connectivity index (χ2n) is 9.37. The highest BCUT2D eigenvalue weighted by molar-refractivity contribution is 7.91. The van der Waals surface area contributed by atoms with Crippen LogP contribution in [0.5, 0.6) is 11.5 Å². The Kier molecular flexibility index (Phi) is 14.9. The van der Waals surface area contributed by atoms with E-state index in [1.54, 1.807) is 0 Å². The number of hydrogen-bond acceptors (Lipinski definition) is 10. The van der Waals surface area contributed by atoms with E-state index in [2.05, 4.69) is 13.5 Å². The van der Waals surface area contributed by atoms with Crippen LogP contribution in [0.15, 0.2) is 71.0 Å². The number of hydrogen-bond donors (Lipinski definition) is 2. The summed E-state index contributed by atoms with van der Waals surface area (Å²) < 4.78 is 47.1. The number of aliphatic hydroxyl groups excluding tert-OH is 2. The van der Waals surface area contributed by atoms with E-state index in [0.717, 1.165) is 38.2 Å². The lowest BCUT2D eigenvalue weighted by Gasteiger charge is -2.16. The fraction of sp³-hybridized carbons (Fsp3) is 0.467. The van der Waals surface area contributed by atoms with Gasteiger partial charge in [-0.3, -0.25) is 4.79 Å². The minimum absolute atomic E-state index is 0.0385. The molecule has 2 aromatic rings. The molecule has 10 nitrogen and oxygen atoms in total. The van der Waals surface area contributed by atoms with Crippen molar-refractivity contribution in [2.45, 2.75) is 73.9 Å². The summed E-state index contributed by atoms with van der Waals surface area (Å²) in [5.41, 5.74) is 0. The molecule has 2 rings (SSSR count). The molecular formula is C30H40O10S. The first kappa shape index (κ1) is 33.8. The normalized spacial score (nSPS) is 12.7. The van der Waals surface area contributed by atoms with E-state index in [1.165, 1.54) is 55.0 Å². The second-order valence-corrected chi connectivity index (χ2v) is 11.3. The monoisotopic (exact) mass is 592 g/mol. The molecule has 0 aromatic heterocycles. The van der Waals surface area contributed by atoms with Crippen molar-refractivity contribution >= 4 is 21.8 Å². The molecule has 0 radical (unpaired) electrons. The lowest BCUT2D eigenvalue weighted by atomic mass is 10.1. The molecule has 0 amide bonds. The minimum atomic E-state index is -3.83. The average Bonchev–Trinajstić information content (AvgIpc) is 2.99. The number of ether oxygens (including phenoxy) is 4. The summed E-state index contributed by atoms with van der Waals surface area (Å²) >= 11 is 0. The van der Waals surface area contributed by atoms with Crippen LogP contribution in [0, 0.1) is 0 Å². The maximum atomic E-state index is 13.0. The molecule has 0 fully saturated rings. The Hall–Kier alpha value is -3.41. The number of aliphatic hydroxyl groups is 2. The number of rotatable bonds is 20. The first-order valence-electron chi connectivity index (χ1n) is 13.7. The van der Waals surface area contributed by atoms with Gasteiger partial charge in [0.15, 0.2) is 6.10 Å². The lowest BCUT2D eigenvalue weighted by molar-refractivity contribution is -0.153. The van der Waals surface area contributed by atoms with Crippen LogP contribution in [-0.4, -0.2) is 69.2 Å². The van der Waals surface area contributed by atoms with Gasteiger partial charge in [-0.1, -0.05) is 45.6 Å². The molecular weight excluding hydrogens is 552 g/mol. The van der Waals surface area contributed by atoms with Gasteiger partial charge >= 0.3 is 11.9 Å². The highest BCUT2D eigenvalue weighted by Crippen LogP contribution is 2.25. The number of unbranched alkanes of at least 4 members (excludes halogenated alkanes) is 5. The Morgan fingerprint density at radius 2 is 1.39 bits per heavy atom. The topological polar surface area (TPSA) is 146 Å². The predicted molar refractivity (Wildman–Crippen MR) is 151 cm³/mol. The molecule has 0 aliphatic heterocycles. The van der Waals surface area contributed by atoms with E-state index >= 15 is 0 Å². The van der Waals surface area contributed by atoms with Crippen molar-refractivity contribution in [1.82, 2.24) is 0 Å². The molecule has 0 bridgehead atoms. The third-order valence-corrected chi connectivity index (χ3v) is 7.75. The Morgan fingerprint density at radius 3 is 1.93 bits per heavy atom. The summed E-state index contributed by atoms with van der Waals surface area (Å²) in [6.07, 6.45) is 5.69. The van der Waals surface area contributed by atoms with Crippen molar-refractivity contribution in [2.75, 3.05) is 26.4 Å². The largest absolute Gasteiger partial charge is 0.491 e. The van der Waals surface area contributed by atoms with E-state index in [0.29, 0.717) is 11.5 Å². The van der Waals surface area contributed by atoms with Crippen molar-refractivity contribution in [3.05, 3.63) is 61.2 Å². The van der Waals surface area contributed by atoms with Crippen LogP contribution in [-0.2, 0) is 28.9 Å². The summed E-state index contributed by atoms with van der Waals surface area (Å²) in [6, 6.07) is 11.4. The first-order chi connectivity index (χ1) is 19.7. The maximum Gasteiger partial charge on any atom is 0.330 e. The Morgan fingerprint density at radius 1 is 0.854 bits per heavy atom. The quantitative estimate of drug-likeness (QED) is 0.131. The minimum Gasteiger partial charge on any atom is -0.491 e. The van der Waals surface area contributed by atoms with Gasteiger partial charge in [-0.2, -0.15) is 0 Å². The van der Waals surface area contributed by atoms with Gasteiger partial charge in [0.2, 0.25) is 9.84 Å². The SMILES string of the molecule is C=CC(=O)OCC(O)COc1ccc(S(=O)(=O)c2ccc(OCC(CO)OC(=O)CCCCCCCC)cc2)cc1. The molecule has 2 unspecified atom stereocenters. The average molecular weight is 593 g/mol. The van der Waals surface area contributed by atoms with Crippen LogP contribution in [0.4, 0.5) is 0 Å². The summed E-state index contributed by atoms with van der Waals surface area (Å²) in [5.74, 6) is -0.360. The van der Waals surface area contributed by atoms with Gasteiger partial charge in [0.05, 0.1) is 16.4 Å². The van der Waals surface area contributed by atoms with Gasteiger partial charge in [0, 0.05) is 12.5 Å². The zero-order valence-electron chi connectivity index (χ0n) is 23.4. The molecule has 226 valence electrons. The van der Waals surface area contributed by atoms with E-state index < -0.39 is 34.6 Å². The molecule has 0 saturated carbocycles. The van der Waals surface area contributed by atoms with Gasteiger partial charge in [0.25, 0.3) is 0 Å². The zero-order chi connectivity index (χ0) is 30.1. The molecule has 0 aliphatic carbocycles. The Bertz CT molecular complexity index is 1180. The van der Waals surface area contributed by atoms with Gasteiger partial charge in [-0.05, 0) is 55.0 Å². The highest BCUT2D eigenvalue weighted by atomic mass is 32.2. The van der Waals surface area contributed by atoms with Gasteiger partial charge in [-0.15, -0.1) is 0 Å². The van der Waals surface area contributed by atoms with E-state index in [4.69, 9.17) is 18.9 Å². The van der Waals surface area contributed by atoms with Gasteiger partial charge in [0.1, 0.15) is 37.4 Å². The van der Waals surface area contributed by atoms with Crippen molar-refractivity contribution in [3.63, 3.8) is 0 Å². The number of carbonyl (C=O) groups is 2. The summed E-state index contributed by atoms with van der Waals surface area (Å²) in [6.45, 7) is 4.52. The number of esters is 2. The van der Waals surface area contributed by atoms with Crippen LogP contribution < -0.4 is 9.47 Å². The third kappa shape index (κ3) is 12.3. The van der Waals surface area contributed by atoms with E-state index in [1.807, 2.05) is 0 Å². The molecule has 0 spiro atoms. The fourth-order valence-corrected chi connectivity index (χ4v) is 4.91. The smallest absolute Gasteiger partial charge is 0.330 e. The van der Waals surface area contributed by atoms with Crippen molar-refractivity contribution in [2.24, 2.45) is 0 Å². The Balaban J connectivity index is 1.83. The van der Waals surface area contributed by atoms with Crippen molar-refractivity contribution in [1.29, 1.82) is 0 Å². The molecule has 2 N–H and O–H groups in total. The first-order valence-corrected chi connectivity index (χ1v) is 15.2. The predicted octanol–water partition coefficient (Wildman–Crippen LogP) is 4.02. The third-order valence-electron chi connectivity index (χ3n) is 5.97. The molecule has 0 aliphatic rings. The maximum absolute atomic E-state index is 13.0. The lowest BCUT2D eigenvalue weighted by Crippen LogP contribution is -2.28. The van der Waals surface area contributed by atoms with E-state index in [9.17, 15) is 28.2 Å². The molecule has 0 heterocycles. The molecule has 41 heavy (non-hydrogen) atoms. The van der Waals surface area contributed by atoms with Crippen molar-refractivity contribution in [3.8, 4) is 11.5 Å². The van der Waals surface area contributed by atoms with Crippen LogP contribution in [0.25, 0.3) is 0 Å². The number of sulfone groups is 1. The standard InChI is InChI=1S/C30H40O10S/c1-3-5-6-7-8-9-10-30(34)40-26(19-31)22-38-25-13-17-28(18-14-25)41(35,36)27-15-11-24(12-16-27)37-20-23(32)21-39-29(33)4-2/h4,11-18,23,26,31-32H,2-3,5-10,19-22H2,1H3. The van der Waals surface area contributed by atoms with Gasteiger partial charge < -0.3 is 29.2 Å². The molecule has 2 aromatic carbocycles. The summed E-state index contributed by atoms with van der Waals surface area (Å²) in [5, 5.41) is 19.4. The zero-order valence-corrected chi connectivity index (χ0v) is 24.2. The van der Waals surface area contributed by atoms with Crippen molar-refractivity contribution < 1.29 is 47.2 Å². The summed E-state index contributed by atoms with van der Waals surface area (Å²) in [7, 11) is -3.83. The van der Waals surface area contributed by atoms with Crippen LogP contribution in [0.1, 0.15) is 51.9 Å². The number of benzene rings is 2. The van der Waals surface area contributed by atoms with Crippen LogP contribution in [0.3, 0.4) is 0 Å². The van der Waals surface area contributed by atoms with E-state index in [-0.39, 0.29) is 42.0 Å². The molecule has 0 saturated heterocycles. The fourth-order valence-electron chi connectivity index (χ4n) is 3.65. The van der Waals surface area contributed by atoms with Gasteiger partial charge in [-0.25, -0.2) is 13.2 Å².